The van der Waals surface area contributed by atoms with Crippen molar-refractivity contribution in [1.29, 1.82) is 0 Å². The van der Waals surface area contributed by atoms with Gasteiger partial charge in [-0.3, -0.25) is 19.7 Å². The number of hydrogen-bond donors (Lipinski definition) is 2. The number of carbonyl (C=O) groups excluding carboxylic acids is 2. The number of carbonyl (C=O) groups is 2. The zero-order chi connectivity index (χ0) is 23.1. The number of nitrogens with one attached hydrogen (secondary N) is 2. The Balaban J connectivity index is 1.71. The highest BCUT2D eigenvalue weighted by molar-refractivity contribution is 5.97. The molecule has 0 saturated carbocycles. The van der Waals surface area contributed by atoms with E-state index in [0.29, 0.717) is 11.3 Å². The van der Waals surface area contributed by atoms with Crippen LogP contribution in [0.1, 0.15) is 33.1 Å². The molecule has 0 radical (unpaired) electrons. The number of hydrogen-bond acceptors (Lipinski definition) is 5. The Morgan fingerprint density at radius 3 is 2.28 bits per heavy atom. The van der Waals surface area contributed by atoms with Gasteiger partial charge in [0.15, 0.2) is 0 Å². The number of nitro benzene ring substituents is 1. The van der Waals surface area contributed by atoms with E-state index in [0.717, 1.165) is 11.1 Å². The maximum atomic E-state index is 12.6. The molecule has 3 aromatic carbocycles. The molecular formula is C24H23N3O5. The predicted molar refractivity (Wildman–Crippen MR) is 120 cm³/mol. The Hall–Kier alpha value is -4.20. The quantitative estimate of drug-likeness (QED) is 0.417. The van der Waals surface area contributed by atoms with E-state index < -0.39 is 22.8 Å². The van der Waals surface area contributed by atoms with Gasteiger partial charge < -0.3 is 15.4 Å². The minimum Gasteiger partial charge on any atom is -0.497 e. The monoisotopic (exact) mass is 433 g/mol. The molecule has 0 bridgehead atoms. The van der Waals surface area contributed by atoms with Crippen LogP contribution in [0.5, 0.6) is 5.75 Å². The van der Waals surface area contributed by atoms with Crippen molar-refractivity contribution in [2.45, 2.75) is 13.0 Å². The number of nitrogens with zero attached hydrogens (tertiary/aromatic N) is 1. The van der Waals surface area contributed by atoms with Crippen molar-refractivity contribution in [3.8, 4) is 5.75 Å². The third-order valence-electron chi connectivity index (χ3n) is 4.96. The summed E-state index contributed by atoms with van der Waals surface area (Å²) >= 11 is 0. The first-order chi connectivity index (χ1) is 15.4. The van der Waals surface area contributed by atoms with E-state index in [1.54, 1.807) is 14.0 Å². The molecule has 1 unspecified atom stereocenters. The van der Waals surface area contributed by atoms with Crippen LogP contribution in [0, 0.1) is 17.0 Å². The zero-order valence-electron chi connectivity index (χ0n) is 17.7. The third kappa shape index (κ3) is 5.48. The van der Waals surface area contributed by atoms with Gasteiger partial charge in [-0.2, -0.15) is 0 Å². The van der Waals surface area contributed by atoms with Crippen LogP contribution >= 0.6 is 0 Å². The highest BCUT2D eigenvalue weighted by atomic mass is 16.6. The third-order valence-corrected chi connectivity index (χ3v) is 4.96. The second-order valence-electron chi connectivity index (χ2n) is 7.13. The van der Waals surface area contributed by atoms with Crippen molar-refractivity contribution in [2.24, 2.45) is 0 Å². The highest BCUT2D eigenvalue weighted by Gasteiger charge is 2.19. The maximum Gasteiger partial charge on any atom is 0.273 e. The van der Waals surface area contributed by atoms with E-state index in [9.17, 15) is 19.7 Å². The fourth-order valence-electron chi connectivity index (χ4n) is 3.22. The molecule has 2 amide bonds. The van der Waals surface area contributed by atoms with E-state index >= 15 is 0 Å². The van der Waals surface area contributed by atoms with Gasteiger partial charge in [-0.05, 0) is 36.2 Å². The van der Waals surface area contributed by atoms with Crippen LogP contribution in [0.4, 0.5) is 5.69 Å². The molecular weight excluding hydrogens is 410 g/mol. The Morgan fingerprint density at radius 2 is 1.66 bits per heavy atom. The summed E-state index contributed by atoms with van der Waals surface area (Å²) in [6.45, 7) is 1.32. The summed E-state index contributed by atoms with van der Waals surface area (Å²) in [4.78, 5) is 35.6. The molecule has 32 heavy (non-hydrogen) atoms. The smallest absolute Gasteiger partial charge is 0.273 e. The van der Waals surface area contributed by atoms with Crippen LogP contribution in [0.15, 0.2) is 72.8 Å². The van der Waals surface area contributed by atoms with E-state index in [4.69, 9.17) is 4.74 Å². The topological polar surface area (TPSA) is 111 Å². The molecule has 3 rings (SSSR count). The average molecular weight is 433 g/mol. The number of amides is 2. The highest BCUT2D eigenvalue weighted by Crippen LogP contribution is 2.24. The van der Waals surface area contributed by atoms with Gasteiger partial charge in [-0.15, -0.1) is 0 Å². The van der Waals surface area contributed by atoms with Crippen molar-refractivity contribution in [3.05, 3.63) is 105 Å². The van der Waals surface area contributed by atoms with Gasteiger partial charge in [0.1, 0.15) is 5.75 Å². The predicted octanol–water partition coefficient (Wildman–Crippen LogP) is 3.55. The lowest BCUT2D eigenvalue weighted by Gasteiger charge is -2.20. The number of rotatable bonds is 8. The molecule has 1 atom stereocenters. The fraction of sp³-hybridized carbons (Fsp3) is 0.167. The van der Waals surface area contributed by atoms with Crippen LogP contribution in [-0.4, -0.2) is 30.4 Å². The van der Waals surface area contributed by atoms with Crippen molar-refractivity contribution >= 4 is 17.5 Å². The van der Waals surface area contributed by atoms with Crippen LogP contribution in [-0.2, 0) is 4.79 Å². The molecule has 2 N–H and O–H groups in total. The SMILES string of the molecule is COc1ccc(C(NC(=O)CNC(=O)c2ccc(C)c([N+](=O)[O-])c2)c2ccccc2)cc1. The number of aryl methyl sites for hydroxylation is 1. The van der Waals surface area contributed by atoms with Gasteiger partial charge in [0.2, 0.25) is 5.91 Å². The Bertz CT molecular complexity index is 1110. The second kappa shape index (κ2) is 10.2. The maximum absolute atomic E-state index is 12.6. The standard InChI is InChI=1S/C24H23N3O5/c1-16-8-9-19(14-21(16)27(30)31)24(29)25-15-22(28)26-23(17-6-4-3-5-7-17)18-10-12-20(32-2)13-11-18/h3-14,23H,15H2,1-2H3,(H,25,29)(H,26,28). The van der Waals surface area contributed by atoms with E-state index in [1.807, 2.05) is 54.6 Å². The van der Waals surface area contributed by atoms with Crippen LogP contribution in [0.25, 0.3) is 0 Å². The lowest BCUT2D eigenvalue weighted by molar-refractivity contribution is -0.385. The molecule has 0 fully saturated rings. The Labute approximate surface area is 185 Å². The largest absolute Gasteiger partial charge is 0.497 e. The number of benzene rings is 3. The molecule has 0 spiro atoms. The Kier molecular flexibility index (Phi) is 7.17. The summed E-state index contributed by atoms with van der Waals surface area (Å²) in [6.07, 6.45) is 0. The molecule has 0 heterocycles. The molecule has 0 aliphatic rings. The van der Waals surface area contributed by atoms with E-state index in [-0.39, 0.29) is 17.8 Å². The van der Waals surface area contributed by atoms with Crippen molar-refractivity contribution in [1.82, 2.24) is 10.6 Å². The molecule has 0 aliphatic carbocycles. The summed E-state index contributed by atoms with van der Waals surface area (Å²) in [6, 6.07) is 20.6. The second-order valence-corrected chi connectivity index (χ2v) is 7.13. The molecule has 164 valence electrons. The molecule has 0 aliphatic heterocycles. The van der Waals surface area contributed by atoms with Gasteiger partial charge >= 0.3 is 0 Å². The van der Waals surface area contributed by atoms with Gasteiger partial charge in [-0.1, -0.05) is 48.5 Å². The first-order valence-electron chi connectivity index (χ1n) is 9.90. The normalized spacial score (nSPS) is 11.3. The van der Waals surface area contributed by atoms with Gasteiger partial charge in [0.05, 0.1) is 24.6 Å². The number of nitro groups is 1. The van der Waals surface area contributed by atoms with Gasteiger partial charge in [-0.25, -0.2) is 0 Å². The van der Waals surface area contributed by atoms with Gasteiger partial charge in [0.25, 0.3) is 11.6 Å². The average Bonchev–Trinajstić information content (AvgIpc) is 2.81. The zero-order valence-corrected chi connectivity index (χ0v) is 17.7. The van der Waals surface area contributed by atoms with Crippen molar-refractivity contribution in [3.63, 3.8) is 0 Å². The summed E-state index contributed by atoms with van der Waals surface area (Å²) in [5, 5.41) is 16.5. The summed E-state index contributed by atoms with van der Waals surface area (Å²) in [5.74, 6) is -0.264. The Morgan fingerprint density at radius 1 is 1.00 bits per heavy atom. The molecule has 0 aromatic heterocycles. The van der Waals surface area contributed by atoms with Crippen LogP contribution in [0.2, 0.25) is 0 Å². The molecule has 0 saturated heterocycles. The van der Waals surface area contributed by atoms with Crippen LogP contribution in [0.3, 0.4) is 0 Å². The van der Waals surface area contributed by atoms with Crippen LogP contribution < -0.4 is 15.4 Å². The lowest BCUT2D eigenvalue weighted by Crippen LogP contribution is -2.39. The molecule has 8 nitrogen and oxygen atoms in total. The molecule has 8 heteroatoms. The van der Waals surface area contributed by atoms with Gasteiger partial charge in [0, 0.05) is 17.2 Å². The first kappa shape index (κ1) is 22.5. The molecule has 3 aromatic rings. The van der Waals surface area contributed by atoms with Crippen molar-refractivity contribution in [2.75, 3.05) is 13.7 Å². The minimum absolute atomic E-state index is 0.116. The fourth-order valence-corrected chi connectivity index (χ4v) is 3.22. The summed E-state index contributed by atoms with van der Waals surface area (Å²) in [5.41, 5.74) is 2.16. The van der Waals surface area contributed by atoms with Crippen molar-refractivity contribution < 1.29 is 19.2 Å². The van der Waals surface area contributed by atoms with E-state index in [1.165, 1.54) is 18.2 Å². The number of methoxy groups -OCH3 is 1. The summed E-state index contributed by atoms with van der Waals surface area (Å²) in [7, 11) is 1.58. The minimum atomic E-state index is -0.566. The number of ether oxygens (including phenoxy) is 1. The summed E-state index contributed by atoms with van der Waals surface area (Å²) < 4.78 is 5.20. The van der Waals surface area contributed by atoms with E-state index in [2.05, 4.69) is 10.6 Å². The first-order valence-corrected chi connectivity index (χ1v) is 9.90. The lowest BCUT2D eigenvalue weighted by atomic mass is 9.98.